The molecule has 0 bridgehead atoms. The summed E-state index contributed by atoms with van der Waals surface area (Å²) in [6.45, 7) is 5.75. The summed E-state index contributed by atoms with van der Waals surface area (Å²) in [4.78, 5) is 16.5. The Kier molecular flexibility index (Phi) is 5.26. The third kappa shape index (κ3) is 4.01. The Morgan fingerprint density at radius 2 is 1.71 bits per heavy atom. The molecule has 1 aliphatic heterocycles. The minimum Gasteiger partial charge on any atom is -0.368 e. The van der Waals surface area contributed by atoms with Gasteiger partial charge in [0, 0.05) is 43.4 Å². The largest absolute Gasteiger partial charge is 0.368 e. The smallest absolute Gasteiger partial charge is 0.317 e. The van der Waals surface area contributed by atoms with Crippen LogP contribution in [0.15, 0.2) is 48.5 Å². The lowest BCUT2D eigenvalue weighted by Gasteiger charge is -2.36. The van der Waals surface area contributed by atoms with Gasteiger partial charge in [-0.2, -0.15) is 0 Å². The van der Waals surface area contributed by atoms with Gasteiger partial charge in [0.05, 0.1) is 0 Å². The van der Waals surface area contributed by atoms with Gasteiger partial charge in [0.25, 0.3) is 0 Å². The van der Waals surface area contributed by atoms with Gasteiger partial charge >= 0.3 is 6.03 Å². The summed E-state index contributed by atoms with van der Waals surface area (Å²) in [7, 11) is 0. The van der Waals surface area contributed by atoms with Crippen molar-refractivity contribution in [3.8, 4) is 0 Å². The lowest BCUT2D eigenvalue weighted by Crippen LogP contribution is -2.51. The number of hydrogen-bond donors (Lipinski definition) is 1. The molecular formula is C19H22ClN3O. The number of hydrogen-bond acceptors (Lipinski definition) is 2. The fraction of sp³-hybridized carbons (Fsp3) is 0.316. The molecule has 0 saturated carbocycles. The normalized spacial score (nSPS) is 14.6. The number of rotatable bonds is 3. The van der Waals surface area contributed by atoms with E-state index in [1.807, 2.05) is 47.4 Å². The monoisotopic (exact) mass is 343 g/mol. The van der Waals surface area contributed by atoms with Crippen molar-refractivity contribution in [3.63, 3.8) is 0 Å². The van der Waals surface area contributed by atoms with Crippen LogP contribution in [0.4, 0.5) is 10.5 Å². The van der Waals surface area contributed by atoms with Crippen LogP contribution >= 0.6 is 11.6 Å². The van der Waals surface area contributed by atoms with Crippen molar-refractivity contribution >= 4 is 23.3 Å². The molecule has 2 aromatic rings. The van der Waals surface area contributed by atoms with E-state index in [4.69, 9.17) is 11.6 Å². The lowest BCUT2D eigenvalue weighted by atomic mass is 10.1. The molecule has 5 heteroatoms. The number of piperazine rings is 1. The molecule has 2 aromatic carbocycles. The van der Waals surface area contributed by atoms with Crippen LogP contribution in [0.5, 0.6) is 0 Å². The predicted molar refractivity (Wildman–Crippen MR) is 98.7 cm³/mol. The van der Waals surface area contributed by atoms with Gasteiger partial charge in [-0.3, -0.25) is 0 Å². The second-order valence-electron chi connectivity index (χ2n) is 6.04. The first-order chi connectivity index (χ1) is 11.6. The number of halogens is 1. The van der Waals surface area contributed by atoms with Crippen LogP contribution in [0.1, 0.15) is 11.1 Å². The highest BCUT2D eigenvalue weighted by Gasteiger charge is 2.21. The van der Waals surface area contributed by atoms with Crippen molar-refractivity contribution in [3.05, 3.63) is 64.7 Å². The van der Waals surface area contributed by atoms with Crippen molar-refractivity contribution in [2.24, 2.45) is 0 Å². The minimum atomic E-state index is 0.00834. The summed E-state index contributed by atoms with van der Waals surface area (Å²) in [5.41, 5.74) is 3.51. The zero-order valence-electron chi connectivity index (χ0n) is 13.8. The Labute approximate surface area is 148 Å². The van der Waals surface area contributed by atoms with Gasteiger partial charge in [-0.15, -0.1) is 0 Å². The zero-order chi connectivity index (χ0) is 16.9. The molecule has 1 aliphatic rings. The summed E-state index contributed by atoms with van der Waals surface area (Å²) in [6.07, 6.45) is 0. The van der Waals surface area contributed by atoms with E-state index in [0.717, 1.165) is 42.5 Å². The number of nitrogens with zero attached hydrogens (tertiary/aromatic N) is 2. The Balaban J connectivity index is 1.50. The van der Waals surface area contributed by atoms with Crippen molar-refractivity contribution in [2.75, 3.05) is 31.1 Å². The standard InChI is InChI=1S/C19H22ClN3O/c1-15-4-2-3-5-16(15)14-21-19(24)23-12-10-22(11-13-23)18-8-6-17(20)7-9-18/h2-9H,10-14H2,1H3,(H,21,24). The second kappa shape index (κ2) is 7.58. The SMILES string of the molecule is Cc1ccccc1CNC(=O)N1CCN(c2ccc(Cl)cc2)CC1. The number of anilines is 1. The van der Waals surface area contributed by atoms with Crippen LogP contribution in [-0.2, 0) is 6.54 Å². The highest BCUT2D eigenvalue weighted by molar-refractivity contribution is 6.30. The third-order valence-electron chi connectivity index (χ3n) is 4.45. The van der Waals surface area contributed by atoms with E-state index in [-0.39, 0.29) is 6.03 Å². The molecule has 0 aliphatic carbocycles. The molecule has 0 aromatic heterocycles. The van der Waals surface area contributed by atoms with Gasteiger partial charge in [-0.05, 0) is 42.3 Å². The van der Waals surface area contributed by atoms with E-state index >= 15 is 0 Å². The molecule has 0 radical (unpaired) electrons. The van der Waals surface area contributed by atoms with Crippen molar-refractivity contribution in [2.45, 2.75) is 13.5 Å². The van der Waals surface area contributed by atoms with Gasteiger partial charge in [0.2, 0.25) is 0 Å². The Morgan fingerprint density at radius 1 is 1.04 bits per heavy atom. The van der Waals surface area contributed by atoms with Crippen molar-refractivity contribution in [1.82, 2.24) is 10.2 Å². The number of carbonyl (C=O) groups is 1. The van der Waals surface area contributed by atoms with E-state index in [1.165, 1.54) is 5.56 Å². The molecule has 126 valence electrons. The number of carbonyl (C=O) groups excluding carboxylic acids is 1. The fourth-order valence-electron chi connectivity index (χ4n) is 2.91. The first kappa shape index (κ1) is 16.7. The number of aryl methyl sites for hydroxylation is 1. The maximum atomic E-state index is 12.3. The van der Waals surface area contributed by atoms with Crippen LogP contribution in [-0.4, -0.2) is 37.1 Å². The van der Waals surface area contributed by atoms with Crippen LogP contribution in [0.2, 0.25) is 5.02 Å². The van der Waals surface area contributed by atoms with Crippen LogP contribution in [0, 0.1) is 6.92 Å². The second-order valence-corrected chi connectivity index (χ2v) is 6.47. The van der Waals surface area contributed by atoms with Crippen LogP contribution in [0.25, 0.3) is 0 Å². The number of benzene rings is 2. The van der Waals surface area contributed by atoms with E-state index in [2.05, 4.69) is 23.2 Å². The zero-order valence-corrected chi connectivity index (χ0v) is 14.6. The summed E-state index contributed by atoms with van der Waals surface area (Å²) >= 11 is 5.93. The molecule has 1 N–H and O–H groups in total. The summed E-state index contributed by atoms with van der Waals surface area (Å²) in [5.74, 6) is 0. The van der Waals surface area contributed by atoms with Gasteiger partial charge in [0.1, 0.15) is 0 Å². The van der Waals surface area contributed by atoms with E-state index < -0.39 is 0 Å². The molecule has 0 spiro atoms. The third-order valence-corrected chi connectivity index (χ3v) is 4.70. The van der Waals surface area contributed by atoms with E-state index in [0.29, 0.717) is 6.54 Å². The average Bonchev–Trinajstić information content (AvgIpc) is 2.62. The quantitative estimate of drug-likeness (QED) is 0.922. The average molecular weight is 344 g/mol. The number of nitrogens with one attached hydrogen (secondary N) is 1. The van der Waals surface area contributed by atoms with Gasteiger partial charge in [-0.1, -0.05) is 35.9 Å². The molecule has 4 nitrogen and oxygen atoms in total. The van der Waals surface area contributed by atoms with Crippen molar-refractivity contribution in [1.29, 1.82) is 0 Å². The Hall–Kier alpha value is -2.20. The topological polar surface area (TPSA) is 35.6 Å². The van der Waals surface area contributed by atoms with Crippen LogP contribution < -0.4 is 10.2 Å². The predicted octanol–water partition coefficient (Wildman–Crippen LogP) is 3.68. The molecule has 0 unspecified atom stereocenters. The maximum absolute atomic E-state index is 12.3. The molecule has 24 heavy (non-hydrogen) atoms. The molecule has 3 rings (SSSR count). The minimum absolute atomic E-state index is 0.00834. The Morgan fingerprint density at radius 3 is 2.38 bits per heavy atom. The van der Waals surface area contributed by atoms with Crippen molar-refractivity contribution < 1.29 is 4.79 Å². The fourth-order valence-corrected chi connectivity index (χ4v) is 3.04. The first-order valence-corrected chi connectivity index (χ1v) is 8.59. The number of urea groups is 1. The van der Waals surface area contributed by atoms with Gasteiger partial charge < -0.3 is 15.1 Å². The summed E-state index contributed by atoms with van der Waals surface area (Å²) in [6, 6.07) is 16.0. The summed E-state index contributed by atoms with van der Waals surface area (Å²) < 4.78 is 0. The number of amides is 2. The van der Waals surface area contributed by atoms with Gasteiger partial charge in [0.15, 0.2) is 0 Å². The van der Waals surface area contributed by atoms with E-state index in [1.54, 1.807) is 0 Å². The van der Waals surface area contributed by atoms with Crippen LogP contribution in [0.3, 0.4) is 0 Å². The Bertz CT molecular complexity index is 694. The molecule has 1 saturated heterocycles. The highest BCUT2D eigenvalue weighted by atomic mass is 35.5. The molecule has 1 heterocycles. The molecular weight excluding hydrogens is 322 g/mol. The summed E-state index contributed by atoms with van der Waals surface area (Å²) in [5, 5.41) is 3.77. The highest BCUT2D eigenvalue weighted by Crippen LogP contribution is 2.19. The molecule has 0 atom stereocenters. The molecule has 1 fully saturated rings. The first-order valence-electron chi connectivity index (χ1n) is 8.21. The van der Waals surface area contributed by atoms with E-state index in [9.17, 15) is 4.79 Å². The maximum Gasteiger partial charge on any atom is 0.317 e. The lowest BCUT2D eigenvalue weighted by molar-refractivity contribution is 0.194. The molecule has 2 amide bonds. The van der Waals surface area contributed by atoms with Gasteiger partial charge in [-0.25, -0.2) is 4.79 Å².